The van der Waals surface area contributed by atoms with E-state index in [0.717, 1.165) is 22.3 Å². The minimum atomic E-state index is -0.786. The van der Waals surface area contributed by atoms with Crippen LogP contribution in [0.25, 0.3) is 11.0 Å². The van der Waals surface area contributed by atoms with E-state index < -0.39 is 36.1 Å². The average Bonchev–Trinajstić information content (AvgIpc) is 3.42. The summed E-state index contributed by atoms with van der Waals surface area (Å²) in [5.74, 6) is -1.18. The summed E-state index contributed by atoms with van der Waals surface area (Å²) in [7, 11) is 0. The van der Waals surface area contributed by atoms with Crippen molar-refractivity contribution >= 4 is 22.6 Å². The Balaban J connectivity index is 1.43. The van der Waals surface area contributed by atoms with Crippen LogP contribution in [0.4, 0.5) is 4.39 Å². The molecule has 6 rings (SSSR count). The van der Waals surface area contributed by atoms with Crippen molar-refractivity contribution < 1.29 is 23.3 Å². The van der Waals surface area contributed by atoms with Crippen LogP contribution < -0.4 is 0 Å². The standard InChI is InChI=1S/C23H23ClFN3O4/c1-11-12-6-8-28(21(12)27-10-26-11)22-20-19(31-23(2,3)32-20)18(30-22)17-14-4-5-15(24)16(25)13(14)7-9-29-17/h4-6,8,10,17-20,22H,7,9H2,1-3H3/t17-,18-,19-,20-,22-/m1/s1. The Morgan fingerprint density at radius 1 is 1.12 bits per heavy atom. The van der Waals surface area contributed by atoms with E-state index in [1.807, 2.05) is 43.7 Å². The van der Waals surface area contributed by atoms with Gasteiger partial charge in [0.25, 0.3) is 0 Å². The summed E-state index contributed by atoms with van der Waals surface area (Å²) in [6, 6.07) is 5.36. The van der Waals surface area contributed by atoms with E-state index in [0.29, 0.717) is 18.6 Å². The highest BCUT2D eigenvalue weighted by Crippen LogP contribution is 2.49. The zero-order valence-electron chi connectivity index (χ0n) is 17.9. The molecule has 7 nitrogen and oxygen atoms in total. The Kier molecular flexibility index (Phi) is 4.61. The second kappa shape index (κ2) is 7.20. The van der Waals surface area contributed by atoms with Gasteiger partial charge < -0.3 is 23.5 Å². The molecule has 2 aromatic heterocycles. The van der Waals surface area contributed by atoms with Gasteiger partial charge in [-0.3, -0.25) is 0 Å². The van der Waals surface area contributed by atoms with Gasteiger partial charge in [-0.2, -0.15) is 0 Å². The van der Waals surface area contributed by atoms with E-state index >= 15 is 0 Å². The monoisotopic (exact) mass is 459 g/mol. The molecule has 5 atom stereocenters. The number of halogens is 2. The summed E-state index contributed by atoms with van der Waals surface area (Å²) in [6.45, 7) is 6.09. The van der Waals surface area contributed by atoms with E-state index in [2.05, 4.69) is 9.97 Å². The summed E-state index contributed by atoms with van der Waals surface area (Å²) < 4.78 is 41.9. The van der Waals surface area contributed by atoms with Gasteiger partial charge in [0.15, 0.2) is 12.0 Å². The predicted octanol–water partition coefficient (Wildman–Crippen LogP) is 4.26. The molecule has 0 bridgehead atoms. The van der Waals surface area contributed by atoms with Crippen molar-refractivity contribution in [2.24, 2.45) is 0 Å². The lowest BCUT2D eigenvalue weighted by Crippen LogP contribution is -2.37. The fraction of sp³-hybridized carbons (Fsp3) is 0.478. The molecule has 168 valence electrons. The summed E-state index contributed by atoms with van der Waals surface area (Å²) in [6.07, 6.45) is 1.68. The lowest BCUT2D eigenvalue weighted by Gasteiger charge is -2.33. The number of ether oxygens (including phenoxy) is 4. The van der Waals surface area contributed by atoms with Gasteiger partial charge in [-0.05, 0) is 50.5 Å². The molecule has 5 heterocycles. The number of aromatic nitrogens is 3. The number of nitrogens with zero attached hydrogens (tertiary/aromatic N) is 3. The van der Waals surface area contributed by atoms with Gasteiger partial charge in [0.1, 0.15) is 42.2 Å². The van der Waals surface area contributed by atoms with Crippen LogP contribution in [0, 0.1) is 12.7 Å². The molecule has 0 radical (unpaired) electrons. The first-order valence-electron chi connectivity index (χ1n) is 10.7. The predicted molar refractivity (Wildman–Crippen MR) is 114 cm³/mol. The molecule has 0 spiro atoms. The van der Waals surface area contributed by atoms with Gasteiger partial charge in [-0.15, -0.1) is 0 Å². The zero-order chi connectivity index (χ0) is 22.2. The van der Waals surface area contributed by atoms with Crippen LogP contribution in [0.1, 0.15) is 43.0 Å². The van der Waals surface area contributed by atoms with E-state index in [9.17, 15) is 4.39 Å². The Morgan fingerprint density at radius 2 is 1.94 bits per heavy atom. The minimum absolute atomic E-state index is 0.114. The number of benzene rings is 1. The molecule has 2 fully saturated rings. The lowest BCUT2D eigenvalue weighted by molar-refractivity contribution is -0.212. The largest absolute Gasteiger partial charge is 0.370 e. The SMILES string of the molecule is Cc1ncnc2c1ccn2[C@@H]1O[C@H]([C@@H]2OCCc3c2ccc(Cl)c3F)[C@H]2OC(C)(C)O[C@H]21. The van der Waals surface area contributed by atoms with Crippen LogP contribution in [0.15, 0.2) is 30.7 Å². The van der Waals surface area contributed by atoms with E-state index in [1.165, 1.54) is 0 Å². The summed E-state index contributed by atoms with van der Waals surface area (Å²) >= 11 is 6.03. The summed E-state index contributed by atoms with van der Waals surface area (Å²) in [5, 5.41) is 1.06. The van der Waals surface area contributed by atoms with Crippen molar-refractivity contribution in [1.29, 1.82) is 0 Å². The molecule has 3 aliphatic heterocycles. The Bertz CT molecular complexity index is 1220. The fourth-order valence-corrected chi connectivity index (χ4v) is 5.33. The molecular formula is C23H23ClFN3O4. The normalized spacial score (nSPS) is 31.1. The second-order valence-electron chi connectivity index (χ2n) is 8.95. The summed E-state index contributed by atoms with van der Waals surface area (Å²) in [5.41, 5.74) is 2.97. The number of fused-ring (bicyclic) bond motifs is 3. The van der Waals surface area contributed by atoms with E-state index in [-0.39, 0.29) is 11.1 Å². The van der Waals surface area contributed by atoms with Crippen molar-refractivity contribution in [1.82, 2.24) is 14.5 Å². The molecule has 3 aliphatic rings. The van der Waals surface area contributed by atoms with E-state index in [1.54, 1.807) is 12.4 Å². The molecule has 32 heavy (non-hydrogen) atoms. The zero-order valence-corrected chi connectivity index (χ0v) is 18.7. The van der Waals surface area contributed by atoms with Crippen LogP contribution in [-0.2, 0) is 25.4 Å². The van der Waals surface area contributed by atoms with E-state index in [4.69, 9.17) is 30.5 Å². The number of rotatable bonds is 2. The Morgan fingerprint density at radius 3 is 2.78 bits per heavy atom. The van der Waals surface area contributed by atoms with Crippen molar-refractivity contribution in [3.63, 3.8) is 0 Å². The number of hydrogen-bond acceptors (Lipinski definition) is 6. The number of aryl methyl sites for hydroxylation is 1. The van der Waals surface area contributed by atoms with Gasteiger partial charge in [0.05, 0.1) is 17.3 Å². The highest BCUT2D eigenvalue weighted by molar-refractivity contribution is 6.30. The molecule has 3 aromatic rings. The van der Waals surface area contributed by atoms with Crippen molar-refractivity contribution in [3.05, 3.63) is 58.4 Å². The molecular weight excluding hydrogens is 437 g/mol. The molecule has 9 heteroatoms. The van der Waals surface area contributed by atoms with Crippen LogP contribution >= 0.6 is 11.6 Å². The third-order valence-corrected chi connectivity index (χ3v) is 6.83. The molecule has 0 amide bonds. The second-order valence-corrected chi connectivity index (χ2v) is 9.35. The number of hydrogen-bond donors (Lipinski definition) is 0. The van der Waals surface area contributed by atoms with Crippen LogP contribution in [0.2, 0.25) is 5.02 Å². The Labute approximate surface area is 189 Å². The van der Waals surface area contributed by atoms with Gasteiger partial charge >= 0.3 is 0 Å². The highest BCUT2D eigenvalue weighted by atomic mass is 35.5. The minimum Gasteiger partial charge on any atom is -0.370 e. The van der Waals surface area contributed by atoms with Crippen molar-refractivity contribution in [3.8, 4) is 0 Å². The van der Waals surface area contributed by atoms with Gasteiger partial charge in [-0.1, -0.05) is 17.7 Å². The third kappa shape index (κ3) is 3.01. The van der Waals surface area contributed by atoms with Crippen LogP contribution in [0.5, 0.6) is 0 Å². The maximum atomic E-state index is 14.7. The smallest absolute Gasteiger partial charge is 0.164 e. The van der Waals surface area contributed by atoms with Crippen LogP contribution in [0.3, 0.4) is 0 Å². The first kappa shape index (κ1) is 20.5. The average molecular weight is 460 g/mol. The molecule has 0 N–H and O–H groups in total. The first-order valence-corrected chi connectivity index (χ1v) is 11.1. The lowest BCUT2D eigenvalue weighted by atomic mass is 9.91. The molecule has 0 aliphatic carbocycles. The highest BCUT2D eigenvalue weighted by Gasteiger charge is 2.58. The van der Waals surface area contributed by atoms with Crippen LogP contribution in [-0.4, -0.2) is 45.2 Å². The van der Waals surface area contributed by atoms with Gasteiger partial charge in [0, 0.05) is 11.6 Å². The molecule has 1 aromatic carbocycles. The maximum Gasteiger partial charge on any atom is 0.164 e. The Hall–Kier alpha value is -2.10. The van der Waals surface area contributed by atoms with Crippen molar-refractivity contribution in [2.45, 2.75) is 63.6 Å². The summed E-state index contributed by atoms with van der Waals surface area (Å²) in [4.78, 5) is 8.75. The fourth-order valence-electron chi connectivity index (χ4n) is 5.16. The van der Waals surface area contributed by atoms with Gasteiger partial charge in [-0.25, -0.2) is 14.4 Å². The molecule has 2 saturated heterocycles. The third-order valence-electron chi connectivity index (χ3n) is 6.53. The molecule has 0 saturated carbocycles. The first-order chi connectivity index (χ1) is 15.3. The topological polar surface area (TPSA) is 67.6 Å². The van der Waals surface area contributed by atoms with Crippen molar-refractivity contribution in [2.75, 3.05) is 6.61 Å². The quantitative estimate of drug-likeness (QED) is 0.570. The maximum absolute atomic E-state index is 14.7. The molecule has 0 unspecified atom stereocenters. The van der Waals surface area contributed by atoms with Gasteiger partial charge in [0.2, 0.25) is 0 Å².